The SMILES string of the molecule is CCCN(CCOc1c(Cl)cc(Cl)cc1Cl)C(=O)n1ccnc1.O=S(=O)(O)S.[S]. The Morgan fingerprint density at radius 2 is 1.83 bits per heavy atom. The molecule has 1 N–H and O–H groups in total. The van der Waals surface area contributed by atoms with E-state index in [-0.39, 0.29) is 26.1 Å². The standard InChI is InChI=1S/C15H16Cl3N3O2.H2O3S2.S/c1-2-4-20(15(22)21-5-3-19-10-21)6-7-23-14-12(17)8-11(16)9-13(14)18;1-5(2,3)4;/h3,5,8-10H,2,4,6-7H2,1H3;(H2,1,2,3,4);. The predicted octanol–water partition coefficient (Wildman–Crippen LogP) is 4.97. The first-order chi connectivity index (χ1) is 13.0. The maximum absolute atomic E-state index is 12.3. The van der Waals surface area contributed by atoms with Crippen LogP contribution in [0.25, 0.3) is 0 Å². The number of ether oxygens (including phenoxy) is 1. The lowest BCUT2D eigenvalue weighted by Crippen LogP contribution is -2.37. The average molecular weight is 523 g/mol. The average Bonchev–Trinajstić information content (AvgIpc) is 3.08. The molecule has 0 unspecified atom stereocenters. The maximum Gasteiger partial charge on any atom is 0.329 e. The number of halogens is 3. The number of thiol groups is 1. The molecular formula is C15H18Cl3N3O5S3. The van der Waals surface area contributed by atoms with Crippen LogP contribution in [0.2, 0.25) is 15.1 Å². The number of amides is 1. The van der Waals surface area contributed by atoms with Gasteiger partial charge in [0.1, 0.15) is 12.9 Å². The molecule has 0 saturated carbocycles. The molecule has 0 aliphatic heterocycles. The molecule has 0 spiro atoms. The molecule has 1 heterocycles. The second-order valence-corrected chi connectivity index (χ2v) is 8.77. The molecule has 0 bridgehead atoms. The molecule has 162 valence electrons. The van der Waals surface area contributed by atoms with Crippen LogP contribution in [0.3, 0.4) is 0 Å². The summed E-state index contributed by atoms with van der Waals surface area (Å²) < 4.78 is 32.5. The predicted molar refractivity (Wildman–Crippen MR) is 120 cm³/mol. The van der Waals surface area contributed by atoms with Crippen molar-refractivity contribution in [1.82, 2.24) is 14.5 Å². The number of hydrogen-bond acceptors (Lipinski definition) is 5. The number of carbonyl (C=O) groups is 1. The Morgan fingerprint density at radius 3 is 2.28 bits per heavy atom. The number of imidazole rings is 1. The first-order valence-corrected chi connectivity index (χ1v) is 11.4. The second kappa shape index (κ2) is 13.5. The number of benzene rings is 1. The highest BCUT2D eigenvalue weighted by Gasteiger charge is 2.15. The molecule has 0 fully saturated rings. The summed E-state index contributed by atoms with van der Waals surface area (Å²) in [5, 5.41) is 1.12. The molecule has 2 radical (unpaired) electrons. The van der Waals surface area contributed by atoms with E-state index in [0.717, 1.165) is 6.42 Å². The lowest BCUT2D eigenvalue weighted by Gasteiger charge is -2.22. The zero-order valence-corrected chi connectivity index (χ0v) is 19.8. The monoisotopic (exact) mass is 521 g/mol. The Morgan fingerprint density at radius 1 is 1.28 bits per heavy atom. The van der Waals surface area contributed by atoms with Gasteiger partial charge in [0.15, 0.2) is 5.75 Å². The Hall–Kier alpha value is -0.820. The summed E-state index contributed by atoms with van der Waals surface area (Å²) >= 11 is 20.6. The largest absolute Gasteiger partial charge is 0.489 e. The Labute approximate surface area is 196 Å². The summed E-state index contributed by atoms with van der Waals surface area (Å²) in [7, 11) is -3.97. The highest BCUT2D eigenvalue weighted by Crippen LogP contribution is 2.35. The molecule has 1 aromatic heterocycles. The summed E-state index contributed by atoms with van der Waals surface area (Å²) in [4.78, 5) is 17.9. The van der Waals surface area contributed by atoms with Crippen molar-refractivity contribution in [2.24, 2.45) is 0 Å². The molecule has 1 amide bonds. The van der Waals surface area contributed by atoms with Gasteiger partial charge in [-0.05, 0) is 30.2 Å². The molecule has 0 atom stereocenters. The number of carbonyl (C=O) groups excluding carboxylic acids is 1. The third-order valence-electron chi connectivity index (χ3n) is 3.06. The Balaban J connectivity index is 0.00000117. The van der Waals surface area contributed by atoms with Gasteiger partial charge in [0.05, 0.1) is 16.6 Å². The number of aromatic nitrogens is 2. The van der Waals surface area contributed by atoms with E-state index in [1.165, 1.54) is 10.9 Å². The van der Waals surface area contributed by atoms with E-state index in [9.17, 15) is 4.79 Å². The van der Waals surface area contributed by atoms with Crippen LogP contribution in [0.4, 0.5) is 4.79 Å². The van der Waals surface area contributed by atoms with Crippen LogP contribution in [0.15, 0.2) is 30.9 Å². The highest BCUT2D eigenvalue weighted by molar-refractivity contribution is 8.61. The van der Waals surface area contributed by atoms with E-state index in [1.54, 1.807) is 29.4 Å². The molecule has 0 saturated heterocycles. The van der Waals surface area contributed by atoms with Crippen molar-refractivity contribution in [3.63, 3.8) is 0 Å². The zero-order valence-electron chi connectivity index (χ0n) is 15.0. The summed E-state index contributed by atoms with van der Waals surface area (Å²) in [6.45, 7) is 3.28. The van der Waals surface area contributed by atoms with E-state index in [0.29, 0.717) is 33.9 Å². The highest BCUT2D eigenvalue weighted by atomic mass is 35.5. The van der Waals surface area contributed by atoms with E-state index in [2.05, 4.69) is 16.6 Å². The van der Waals surface area contributed by atoms with Gasteiger partial charge in [0.2, 0.25) is 0 Å². The van der Waals surface area contributed by atoms with Gasteiger partial charge in [-0.25, -0.2) is 9.78 Å². The molecule has 2 aromatic rings. The quantitative estimate of drug-likeness (QED) is 0.315. The lowest BCUT2D eigenvalue weighted by atomic mass is 10.3. The van der Waals surface area contributed by atoms with Crippen molar-refractivity contribution in [1.29, 1.82) is 0 Å². The van der Waals surface area contributed by atoms with Crippen LogP contribution in [0.5, 0.6) is 5.75 Å². The fourth-order valence-electron chi connectivity index (χ4n) is 2.03. The van der Waals surface area contributed by atoms with Crippen LogP contribution in [0, 0.1) is 0 Å². The first-order valence-electron chi connectivity index (χ1n) is 7.77. The van der Waals surface area contributed by atoms with Gasteiger partial charge in [0, 0.05) is 37.5 Å². The molecule has 0 aliphatic rings. The summed E-state index contributed by atoms with van der Waals surface area (Å²) in [6.07, 6.45) is 5.48. The molecule has 1 aromatic carbocycles. The van der Waals surface area contributed by atoms with E-state index in [4.69, 9.17) is 52.5 Å². The van der Waals surface area contributed by atoms with E-state index >= 15 is 0 Å². The number of nitrogens with zero attached hydrogens (tertiary/aromatic N) is 3. The molecule has 0 aliphatic carbocycles. The van der Waals surface area contributed by atoms with Gasteiger partial charge >= 0.3 is 15.2 Å². The minimum atomic E-state index is -3.97. The van der Waals surface area contributed by atoms with Crippen LogP contribution in [-0.2, 0) is 9.15 Å². The topological polar surface area (TPSA) is 102 Å². The van der Waals surface area contributed by atoms with Crippen molar-refractivity contribution in [3.05, 3.63) is 45.9 Å². The number of hydrogen-bond donors (Lipinski definition) is 2. The third-order valence-corrected chi connectivity index (χ3v) is 3.84. The third kappa shape index (κ3) is 11.2. The van der Waals surface area contributed by atoms with E-state index < -0.39 is 9.15 Å². The minimum Gasteiger partial charge on any atom is -0.489 e. The molecule has 14 heteroatoms. The van der Waals surface area contributed by atoms with Crippen LogP contribution in [-0.4, -0.2) is 53.1 Å². The van der Waals surface area contributed by atoms with Crippen molar-refractivity contribution in [3.8, 4) is 5.75 Å². The van der Waals surface area contributed by atoms with Gasteiger partial charge < -0.3 is 9.64 Å². The first kappa shape index (κ1) is 28.2. The lowest BCUT2D eigenvalue weighted by molar-refractivity contribution is 0.184. The van der Waals surface area contributed by atoms with Crippen molar-refractivity contribution < 1.29 is 22.5 Å². The summed E-state index contributed by atoms with van der Waals surface area (Å²) in [5.41, 5.74) is 0. The van der Waals surface area contributed by atoms with Crippen LogP contribution in [0.1, 0.15) is 13.3 Å². The zero-order chi connectivity index (χ0) is 21.3. The smallest absolute Gasteiger partial charge is 0.329 e. The van der Waals surface area contributed by atoms with Gasteiger partial charge in [-0.15, -0.1) is 0 Å². The van der Waals surface area contributed by atoms with Crippen molar-refractivity contribution in [2.75, 3.05) is 19.7 Å². The maximum atomic E-state index is 12.3. The minimum absolute atomic E-state index is 0. The normalized spacial score (nSPS) is 10.4. The van der Waals surface area contributed by atoms with Crippen molar-refractivity contribution >= 4 is 75.1 Å². The molecular weight excluding hydrogens is 505 g/mol. The van der Waals surface area contributed by atoms with Gasteiger partial charge in [0.25, 0.3) is 0 Å². The fraction of sp³-hybridized carbons (Fsp3) is 0.333. The van der Waals surface area contributed by atoms with Crippen molar-refractivity contribution in [2.45, 2.75) is 13.3 Å². The second-order valence-electron chi connectivity index (χ2n) is 5.23. The van der Waals surface area contributed by atoms with Gasteiger partial charge in [-0.3, -0.25) is 9.12 Å². The Bertz CT molecular complexity index is 852. The molecule has 2 rings (SSSR count). The fourth-order valence-corrected chi connectivity index (χ4v) is 2.96. The molecule has 29 heavy (non-hydrogen) atoms. The molecule has 8 nitrogen and oxygen atoms in total. The Kier molecular flexibility index (Phi) is 13.1. The van der Waals surface area contributed by atoms with Crippen LogP contribution >= 0.6 is 60.0 Å². The van der Waals surface area contributed by atoms with Gasteiger partial charge in [-0.2, -0.15) is 8.42 Å². The van der Waals surface area contributed by atoms with E-state index in [1.807, 2.05) is 6.92 Å². The summed E-state index contributed by atoms with van der Waals surface area (Å²) in [5.74, 6) is 0.365. The number of rotatable bonds is 6. The summed E-state index contributed by atoms with van der Waals surface area (Å²) in [6, 6.07) is 2.97. The van der Waals surface area contributed by atoms with Gasteiger partial charge in [-0.1, -0.05) is 41.7 Å². The van der Waals surface area contributed by atoms with Crippen LogP contribution < -0.4 is 4.74 Å².